The molecule has 0 bridgehead atoms. The van der Waals surface area contributed by atoms with E-state index in [4.69, 9.17) is 25.8 Å². The number of benzene rings is 3. The van der Waals surface area contributed by atoms with E-state index < -0.39 is 5.91 Å². The second-order valence-electron chi connectivity index (χ2n) is 6.87. The van der Waals surface area contributed by atoms with Crippen LogP contribution >= 0.6 is 11.6 Å². The van der Waals surface area contributed by atoms with Gasteiger partial charge in [-0.3, -0.25) is 4.79 Å². The summed E-state index contributed by atoms with van der Waals surface area (Å²) in [5, 5.41) is 12.8. The van der Waals surface area contributed by atoms with Crippen LogP contribution in [0, 0.1) is 11.3 Å². The highest BCUT2D eigenvalue weighted by Gasteiger charge is 2.12. The van der Waals surface area contributed by atoms with Crippen molar-refractivity contribution >= 4 is 29.3 Å². The molecule has 0 atom stereocenters. The Balaban J connectivity index is 1.72. The number of ether oxygens (including phenoxy) is 3. The summed E-state index contributed by atoms with van der Waals surface area (Å²) in [7, 11) is 1.52. The van der Waals surface area contributed by atoms with Crippen LogP contribution < -0.4 is 19.5 Å². The van der Waals surface area contributed by atoms with Crippen LogP contribution in [0.3, 0.4) is 0 Å². The predicted molar refractivity (Wildman–Crippen MR) is 129 cm³/mol. The smallest absolute Gasteiger partial charge is 0.266 e. The summed E-state index contributed by atoms with van der Waals surface area (Å²) >= 11 is 6.18. The van der Waals surface area contributed by atoms with Crippen molar-refractivity contribution < 1.29 is 19.0 Å². The van der Waals surface area contributed by atoms with Gasteiger partial charge in [-0.25, -0.2) is 0 Å². The third kappa shape index (κ3) is 6.52. The van der Waals surface area contributed by atoms with E-state index in [0.29, 0.717) is 40.1 Å². The molecule has 0 unspecified atom stereocenters. The molecule has 0 aliphatic carbocycles. The molecule has 0 spiro atoms. The van der Waals surface area contributed by atoms with Gasteiger partial charge < -0.3 is 19.5 Å². The average Bonchev–Trinajstić information content (AvgIpc) is 2.83. The van der Waals surface area contributed by atoms with E-state index in [0.717, 1.165) is 5.56 Å². The third-order valence-electron chi connectivity index (χ3n) is 4.63. The quantitative estimate of drug-likeness (QED) is 0.317. The fourth-order valence-electron chi connectivity index (χ4n) is 2.98. The maximum absolute atomic E-state index is 12.6. The number of carbonyl (C=O) groups is 1. The van der Waals surface area contributed by atoms with Gasteiger partial charge in [0.1, 0.15) is 24.0 Å². The molecule has 3 rings (SSSR count). The fraction of sp³-hybridized carbons (Fsp3) is 0.154. The molecule has 0 saturated carbocycles. The van der Waals surface area contributed by atoms with Gasteiger partial charge in [-0.1, -0.05) is 35.9 Å². The molecule has 0 radical (unpaired) electrons. The Morgan fingerprint density at radius 3 is 2.48 bits per heavy atom. The zero-order valence-corrected chi connectivity index (χ0v) is 19.1. The van der Waals surface area contributed by atoms with Crippen molar-refractivity contribution in [2.24, 2.45) is 0 Å². The molecule has 0 aliphatic rings. The molecule has 0 heterocycles. The summed E-state index contributed by atoms with van der Waals surface area (Å²) in [6.07, 6.45) is 1.49. The summed E-state index contributed by atoms with van der Waals surface area (Å²) in [5.41, 5.74) is 1.99. The lowest BCUT2D eigenvalue weighted by Crippen LogP contribution is -2.13. The van der Waals surface area contributed by atoms with E-state index in [1.807, 2.05) is 31.2 Å². The number of carbonyl (C=O) groups excluding carboxylic acids is 1. The molecule has 0 fully saturated rings. The van der Waals surface area contributed by atoms with E-state index in [2.05, 4.69) is 5.32 Å². The lowest BCUT2D eigenvalue weighted by Gasteiger charge is -2.12. The highest BCUT2D eigenvalue weighted by atomic mass is 35.5. The first-order valence-corrected chi connectivity index (χ1v) is 10.6. The zero-order chi connectivity index (χ0) is 23.6. The monoisotopic (exact) mass is 462 g/mol. The Morgan fingerprint density at radius 2 is 1.82 bits per heavy atom. The SMILES string of the molecule is CCOc1ccc(NC(=O)/C(C#N)=C\c2ccc(OCc3ccccc3Cl)c(OC)c2)cc1. The van der Waals surface area contributed by atoms with E-state index in [-0.39, 0.29) is 12.2 Å². The van der Waals surface area contributed by atoms with Gasteiger partial charge in [-0.15, -0.1) is 0 Å². The molecule has 3 aromatic rings. The van der Waals surface area contributed by atoms with Gasteiger partial charge in [-0.05, 0) is 61.0 Å². The van der Waals surface area contributed by atoms with Crippen molar-refractivity contribution in [2.45, 2.75) is 13.5 Å². The fourth-order valence-corrected chi connectivity index (χ4v) is 3.17. The number of methoxy groups -OCH3 is 1. The van der Waals surface area contributed by atoms with Crippen LogP contribution in [0.2, 0.25) is 5.02 Å². The second kappa shape index (κ2) is 11.6. The molecule has 3 aromatic carbocycles. The van der Waals surface area contributed by atoms with Gasteiger partial charge in [0, 0.05) is 16.3 Å². The minimum Gasteiger partial charge on any atom is -0.494 e. The summed E-state index contributed by atoms with van der Waals surface area (Å²) in [6.45, 7) is 2.73. The molecule has 0 saturated heterocycles. The average molecular weight is 463 g/mol. The third-order valence-corrected chi connectivity index (χ3v) is 5.00. The Bertz CT molecular complexity index is 1180. The van der Waals surface area contributed by atoms with Crippen molar-refractivity contribution in [2.75, 3.05) is 19.0 Å². The molecule has 33 heavy (non-hydrogen) atoms. The number of hydrogen-bond acceptors (Lipinski definition) is 5. The van der Waals surface area contributed by atoms with Gasteiger partial charge in [-0.2, -0.15) is 5.26 Å². The number of nitrogens with one attached hydrogen (secondary N) is 1. The van der Waals surface area contributed by atoms with Crippen LogP contribution in [0.4, 0.5) is 5.69 Å². The highest BCUT2D eigenvalue weighted by molar-refractivity contribution is 6.31. The minimum absolute atomic E-state index is 0.0457. The first-order chi connectivity index (χ1) is 16.0. The van der Waals surface area contributed by atoms with Crippen LogP contribution in [0.1, 0.15) is 18.1 Å². The van der Waals surface area contributed by atoms with Crippen LogP contribution in [0.15, 0.2) is 72.3 Å². The first-order valence-electron chi connectivity index (χ1n) is 10.2. The predicted octanol–water partition coefficient (Wildman–Crippen LogP) is 5.87. The Morgan fingerprint density at radius 1 is 1.06 bits per heavy atom. The van der Waals surface area contributed by atoms with Crippen LogP contribution in [-0.4, -0.2) is 19.6 Å². The Hall–Kier alpha value is -3.95. The molecule has 7 heteroatoms. The van der Waals surface area contributed by atoms with Crippen molar-refractivity contribution in [1.29, 1.82) is 5.26 Å². The molecule has 168 valence electrons. The van der Waals surface area contributed by atoms with E-state index in [1.165, 1.54) is 13.2 Å². The molecular weight excluding hydrogens is 440 g/mol. The van der Waals surface area contributed by atoms with E-state index >= 15 is 0 Å². The molecule has 1 amide bonds. The van der Waals surface area contributed by atoms with Crippen molar-refractivity contribution in [3.63, 3.8) is 0 Å². The summed E-state index contributed by atoms with van der Waals surface area (Å²) in [6, 6.07) is 21.5. The first kappa shape index (κ1) is 23.7. The normalized spacial score (nSPS) is 10.8. The number of amides is 1. The van der Waals surface area contributed by atoms with E-state index in [1.54, 1.807) is 48.5 Å². The van der Waals surface area contributed by atoms with Gasteiger partial charge in [0.15, 0.2) is 11.5 Å². The van der Waals surface area contributed by atoms with Crippen LogP contribution in [0.5, 0.6) is 17.2 Å². The topological polar surface area (TPSA) is 80.6 Å². The number of rotatable bonds is 9. The lowest BCUT2D eigenvalue weighted by atomic mass is 10.1. The molecular formula is C26H23ClN2O4. The Kier molecular flexibility index (Phi) is 8.34. The van der Waals surface area contributed by atoms with Crippen molar-refractivity contribution in [3.05, 3.63) is 88.5 Å². The van der Waals surface area contributed by atoms with Crippen LogP contribution in [0.25, 0.3) is 6.08 Å². The number of hydrogen-bond donors (Lipinski definition) is 1. The number of nitriles is 1. The van der Waals surface area contributed by atoms with Crippen molar-refractivity contribution in [1.82, 2.24) is 0 Å². The van der Waals surface area contributed by atoms with Gasteiger partial charge in [0.05, 0.1) is 13.7 Å². The van der Waals surface area contributed by atoms with Crippen molar-refractivity contribution in [3.8, 4) is 23.3 Å². The van der Waals surface area contributed by atoms with Crippen LogP contribution in [-0.2, 0) is 11.4 Å². The maximum atomic E-state index is 12.6. The summed E-state index contributed by atoms with van der Waals surface area (Å²) < 4.78 is 16.7. The number of anilines is 1. The highest BCUT2D eigenvalue weighted by Crippen LogP contribution is 2.30. The molecule has 0 aromatic heterocycles. The minimum atomic E-state index is -0.514. The Labute approximate surface area is 198 Å². The second-order valence-corrected chi connectivity index (χ2v) is 7.28. The molecule has 1 N–H and O–H groups in total. The lowest BCUT2D eigenvalue weighted by molar-refractivity contribution is -0.112. The number of halogens is 1. The summed E-state index contributed by atoms with van der Waals surface area (Å²) in [5.74, 6) is 1.18. The maximum Gasteiger partial charge on any atom is 0.266 e. The van der Waals surface area contributed by atoms with Gasteiger partial charge in [0.2, 0.25) is 0 Å². The largest absolute Gasteiger partial charge is 0.494 e. The molecule has 0 aliphatic heterocycles. The van der Waals surface area contributed by atoms with Gasteiger partial charge in [0.25, 0.3) is 5.91 Å². The standard InChI is InChI=1S/C26H23ClN2O4/c1-3-32-22-11-9-21(10-12-22)29-26(30)20(16-28)14-18-8-13-24(25(15-18)31-2)33-17-19-6-4-5-7-23(19)27/h4-15H,3,17H2,1-2H3,(H,29,30)/b20-14-. The summed E-state index contributed by atoms with van der Waals surface area (Å²) in [4.78, 5) is 12.6. The van der Waals surface area contributed by atoms with E-state index in [9.17, 15) is 10.1 Å². The van der Waals surface area contributed by atoms with Gasteiger partial charge >= 0.3 is 0 Å². The zero-order valence-electron chi connectivity index (χ0n) is 18.3. The number of nitrogens with zero attached hydrogens (tertiary/aromatic N) is 1. The molecule has 6 nitrogen and oxygen atoms in total.